The molecule has 0 saturated carbocycles. The van der Waals surface area contributed by atoms with Crippen LogP contribution in [0.1, 0.15) is 11.1 Å². The Morgan fingerprint density at radius 3 is 2.60 bits per heavy atom. The van der Waals surface area contributed by atoms with Gasteiger partial charge in [-0.05, 0) is 46.1 Å². The van der Waals surface area contributed by atoms with Crippen LogP contribution in [0.3, 0.4) is 0 Å². The molecule has 2 heterocycles. The number of aromatic nitrogens is 2. The zero-order valence-corrected chi connectivity index (χ0v) is 12.9. The van der Waals surface area contributed by atoms with Crippen LogP contribution < -0.4 is 4.72 Å². The average molecular weight is 358 g/mol. The number of aliphatic hydroxyl groups excluding tert-OH is 1. The maximum absolute atomic E-state index is 12.2. The molecule has 0 amide bonds. The zero-order valence-electron chi connectivity index (χ0n) is 10.5. The van der Waals surface area contributed by atoms with Crippen LogP contribution >= 0.6 is 15.9 Å². The predicted octanol–water partition coefficient (Wildman–Crippen LogP) is 1.84. The molecule has 0 atom stereocenters. The summed E-state index contributed by atoms with van der Waals surface area (Å²) in [6.07, 6.45) is 2.82. The van der Waals surface area contributed by atoms with Gasteiger partial charge in [-0.15, -0.1) is 0 Å². The van der Waals surface area contributed by atoms with Crippen molar-refractivity contribution in [3.63, 3.8) is 0 Å². The number of halogens is 1. The monoisotopic (exact) mass is 357 g/mol. The maximum Gasteiger partial charge on any atom is 0.280 e. The number of anilines is 1. The molecule has 2 rings (SSSR count). The largest absolute Gasteiger partial charge is 0.392 e. The molecule has 6 nitrogen and oxygen atoms in total. The number of rotatable bonds is 4. The number of sulfonamides is 1. The van der Waals surface area contributed by atoms with Crippen molar-refractivity contribution in [2.45, 2.75) is 18.6 Å². The molecule has 0 radical (unpaired) electrons. The molecule has 8 heteroatoms. The van der Waals surface area contributed by atoms with Crippen LogP contribution in [0.15, 0.2) is 40.1 Å². The lowest BCUT2D eigenvalue weighted by Gasteiger charge is -2.09. The molecule has 0 bridgehead atoms. The van der Waals surface area contributed by atoms with E-state index in [-0.39, 0.29) is 17.5 Å². The Morgan fingerprint density at radius 1 is 1.30 bits per heavy atom. The highest BCUT2D eigenvalue weighted by molar-refractivity contribution is 9.10. The molecule has 0 aliphatic rings. The summed E-state index contributed by atoms with van der Waals surface area (Å²) in [4.78, 5) is 7.83. The van der Waals surface area contributed by atoms with Gasteiger partial charge < -0.3 is 5.11 Å². The Bertz CT molecular complexity index is 717. The van der Waals surface area contributed by atoms with Crippen molar-refractivity contribution in [3.8, 4) is 0 Å². The molecule has 0 aromatic carbocycles. The smallest absolute Gasteiger partial charge is 0.280 e. The van der Waals surface area contributed by atoms with E-state index in [1.165, 1.54) is 24.5 Å². The molecule has 0 saturated heterocycles. The number of aliphatic hydroxyl groups is 1. The van der Waals surface area contributed by atoms with Gasteiger partial charge in [0.25, 0.3) is 10.0 Å². The van der Waals surface area contributed by atoms with Crippen LogP contribution in [0, 0.1) is 6.92 Å². The number of pyridine rings is 2. The Balaban J connectivity index is 2.30. The van der Waals surface area contributed by atoms with Crippen molar-refractivity contribution >= 4 is 31.8 Å². The van der Waals surface area contributed by atoms with E-state index >= 15 is 0 Å². The third-order valence-corrected chi connectivity index (χ3v) is 4.22. The van der Waals surface area contributed by atoms with E-state index in [0.717, 1.165) is 4.47 Å². The third-order valence-electron chi connectivity index (χ3n) is 2.53. The number of nitrogens with zero attached hydrogens (tertiary/aromatic N) is 2. The first-order valence-corrected chi connectivity index (χ1v) is 7.91. The van der Waals surface area contributed by atoms with Crippen molar-refractivity contribution in [1.29, 1.82) is 0 Å². The second-order valence-electron chi connectivity index (χ2n) is 4.09. The van der Waals surface area contributed by atoms with Gasteiger partial charge in [0.15, 0.2) is 5.03 Å². The number of nitrogens with one attached hydrogen (secondary N) is 1. The van der Waals surface area contributed by atoms with Crippen LogP contribution in [-0.2, 0) is 16.6 Å². The summed E-state index contributed by atoms with van der Waals surface area (Å²) < 4.78 is 27.5. The molecule has 2 aromatic rings. The predicted molar refractivity (Wildman–Crippen MR) is 77.6 cm³/mol. The second-order valence-corrected chi connectivity index (χ2v) is 6.63. The number of hydrogen-bond acceptors (Lipinski definition) is 5. The minimum atomic E-state index is -3.79. The number of hydrogen-bond donors (Lipinski definition) is 2. The summed E-state index contributed by atoms with van der Waals surface area (Å²) in [5, 5.41) is 8.78. The van der Waals surface area contributed by atoms with Gasteiger partial charge in [0, 0.05) is 16.9 Å². The standard InChI is InChI=1S/C12H12BrN3O3S/c1-8-4-10(13)6-15-12(8)16-20(18,19)11-3-2-9(7-17)5-14-11/h2-6,17H,7H2,1H3,(H,15,16). The minimum absolute atomic E-state index is 0.126. The van der Waals surface area contributed by atoms with Crippen LogP contribution in [0.2, 0.25) is 0 Å². The van der Waals surface area contributed by atoms with E-state index in [0.29, 0.717) is 11.1 Å². The summed E-state index contributed by atoms with van der Waals surface area (Å²) in [5.41, 5.74) is 1.23. The van der Waals surface area contributed by atoms with Crippen molar-refractivity contribution in [3.05, 3.63) is 46.2 Å². The SMILES string of the molecule is Cc1cc(Br)cnc1NS(=O)(=O)c1ccc(CO)cn1. The Morgan fingerprint density at radius 2 is 2.05 bits per heavy atom. The van der Waals surface area contributed by atoms with E-state index in [4.69, 9.17) is 5.11 Å². The molecule has 0 aliphatic carbocycles. The average Bonchev–Trinajstić information content (AvgIpc) is 2.42. The molecular formula is C12H12BrN3O3S. The Kier molecular flexibility index (Phi) is 4.36. The zero-order chi connectivity index (χ0) is 14.8. The summed E-state index contributed by atoms with van der Waals surface area (Å²) >= 11 is 3.26. The third kappa shape index (κ3) is 3.33. The fourth-order valence-electron chi connectivity index (χ4n) is 1.49. The molecule has 0 aliphatic heterocycles. The molecule has 0 unspecified atom stereocenters. The van der Waals surface area contributed by atoms with E-state index in [1.807, 2.05) is 0 Å². The molecule has 0 fully saturated rings. The lowest BCUT2D eigenvalue weighted by Crippen LogP contribution is -2.16. The minimum Gasteiger partial charge on any atom is -0.392 e. The normalized spacial score (nSPS) is 11.3. The number of aryl methyl sites for hydroxylation is 1. The van der Waals surface area contributed by atoms with Gasteiger partial charge in [-0.1, -0.05) is 6.07 Å². The van der Waals surface area contributed by atoms with Crippen molar-refractivity contribution in [2.24, 2.45) is 0 Å². The van der Waals surface area contributed by atoms with E-state index in [2.05, 4.69) is 30.6 Å². The van der Waals surface area contributed by atoms with Gasteiger partial charge in [0.05, 0.1) is 6.61 Å². The fourth-order valence-corrected chi connectivity index (χ4v) is 2.95. The first-order valence-electron chi connectivity index (χ1n) is 5.63. The van der Waals surface area contributed by atoms with Gasteiger partial charge in [-0.2, -0.15) is 8.42 Å². The molecular weight excluding hydrogens is 346 g/mol. The summed E-state index contributed by atoms with van der Waals surface area (Å²) in [7, 11) is -3.79. The van der Waals surface area contributed by atoms with Gasteiger partial charge in [-0.3, -0.25) is 4.72 Å². The highest BCUT2D eigenvalue weighted by Crippen LogP contribution is 2.19. The van der Waals surface area contributed by atoms with Gasteiger partial charge in [0.1, 0.15) is 5.82 Å². The molecule has 20 heavy (non-hydrogen) atoms. The molecule has 2 N–H and O–H groups in total. The molecule has 0 spiro atoms. The summed E-state index contributed by atoms with van der Waals surface area (Å²) in [5.74, 6) is 0.251. The Hall–Kier alpha value is -1.51. The van der Waals surface area contributed by atoms with Gasteiger partial charge in [0.2, 0.25) is 0 Å². The Labute approximate surface area is 125 Å². The van der Waals surface area contributed by atoms with E-state index in [1.54, 1.807) is 13.0 Å². The quantitative estimate of drug-likeness (QED) is 0.870. The van der Waals surface area contributed by atoms with Gasteiger partial charge >= 0.3 is 0 Å². The van der Waals surface area contributed by atoms with E-state index < -0.39 is 10.0 Å². The summed E-state index contributed by atoms with van der Waals surface area (Å²) in [6.45, 7) is 1.56. The van der Waals surface area contributed by atoms with Crippen molar-refractivity contribution in [1.82, 2.24) is 9.97 Å². The van der Waals surface area contributed by atoms with Crippen LogP contribution in [0.25, 0.3) is 0 Å². The summed E-state index contributed by atoms with van der Waals surface area (Å²) in [6, 6.07) is 4.60. The topological polar surface area (TPSA) is 92.2 Å². The van der Waals surface area contributed by atoms with Crippen LogP contribution in [0.4, 0.5) is 5.82 Å². The van der Waals surface area contributed by atoms with Crippen LogP contribution in [-0.4, -0.2) is 23.5 Å². The highest BCUT2D eigenvalue weighted by atomic mass is 79.9. The fraction of sp³-hybridized carbons (Fsp3) is 0.167. The van der Waals surface area contributed by atoms with E-state index in [9.17, 15) is 8.42 Å². The highest BCUT2D eigenvalue weighted by Gasteiger charge is 2.17. The first kappa shape index (κ1) is 14.9. The first-order chi connectivity index (χ1) is 9.42. The van der Waals surface area contributed by atoms with Crippen molar-refractivity contribution < 1.29 is 13.5 Å². The van der Waals surface area contributed by atoms with Gasteiger partial charge in [-0.25, -0.2) is 9.97 Å². The van der Waals surface area contributed by atoms with Crippen molar-refractivity contribution in [2.75, 3.05) is 4.72 Å². The maximum atomic E-state index is 12.2. The molecule has 106 valence electrons. The molecule has 2 aromatic heterocycles. The lowest BCUT2D eigenvalue weighted by molar-refractivity contribution is 0.281. The van der Waals surface area contributed by atoms with Crippen LogP contribution in [0.5, 0.6) is 0 Å². The second kappa shape index (κ2) is 5.86. The lowest BCUT2D eigenvalue weighted by atomic mass is 10.3.